The summed E-state index contributed by atoms with van der Waals surface area (Å²) in [6, 6.07) is 9.79. The highest BCUT2D eigenvalue weighted by Gasteiger charge is 2.37. The second-order valence-electron chi connectivity index (χ2n) is 5.36. The fourth-order valence-corrected chi connectivity index (χ4v) is 2.92. The summed E-state index contributed by atoms with van der Waals surface area (Å²) in [7, 11) is 0. The molecule has 0 spiro atoms. The highest BCUT2D eigenvalue weighted by molar-refractivity contribution is 5.77. The second-order valence-corrected chi connectivity index (χ2v) is 5.36. The van der Waals surface area contributed by atoms with Crippen molar-refractivity contribution in [2.24, 2.45) is 5.92 Å². The Balaban J connectivity index is 1.79. The Kier molecular flexibility index (Phi) is 3.94. The van der Waals surface area contributed by atoms with E-state index in [1.54, 1.807) is 0 Å². The minimum absolute atomic E-state index is 0.0966. The number of carboxylic acid groups (broad SMARTS) is 1. The van der Waals surface area contributed by atoms with E-state index in [9.17, 15) is 9.90 Å². The van der Waals surface area contributed by atoms with Gasteiger partial charge < -0.3 is 14.3 Å². The summed E-state index contributed by atoms with van der Waals surface area (Å²) in [4.78, 5) is 13.4. The zero-order valence-electron chi connectivity index (χ0n) is 12.0. The van der Waals surface area contributed by atoms with Crippen LogP contribution in [0.3, 0.4) is 0 Å². The smallest absolute Gasteiger partial charge is 0.310 e. The number of benzene rings is 1. The lowest BCUT2D eigenvalue weighted by Gasteiger charge is -2.28. The predicted molar refractivity (Wildman–Crippen MR) is 78.0 cm³/mol. The van der Waals surface area contributed by atoms with Crippen molar-refractivity contribution in [1.82, 2.24) is 4.90 Å². The SMILES string of the molecule is CCN(Cc1cc2ccccc2o1)C1COCC1C(=O)O. The summed E-state index contributed by atoms with van der Waals surface area (Å²) in [6.45, 7) is 4.14. The van der Waals surface area contributed by atoms with Crippen molar-refractivity contribution < 1.29 is 19.1 Å². The lowest BCUT2D eigenvalue weighted by atomic mass is 10.0. The maximum absolute atomic E-state index is 11.3. The van der Waals surface area contributed by atoms with Crippen LogP contribution >= 0.6 is 0 Å². The molecule has 2 aromatic rings. The van der Waals surface area contributed by atoms with E-state index in [-0.39, 0.29) is 12.6 Å². The largest absolute Gasteiger partial charge is 0.481 e. The molecule has 0 radical (unpaired) electrons. The molecular weight excluding hydrogens is 270 g/mol. The molecular formula is C16H19NO4. The molecule has 1 N–H and O–H groups in total. The molecule has 1 fully saturated rings. The molecule has 112 valence electrons. The zero-order valence-corrected chi connectivity index (χ0v) is 12.0. The van der Waals surface area contributed by atoms with E-state index >= 15 is 0 Å². The number of fused-ring (bicyclic) bond motifs is 1. The number of hydrogen-bond acceptors (Lipinski definition) is 4. The first-order valence-electron chi connectivity index (χ1n) is 7.21. The van der Waals surface area contributed by atoms with Gasteiger partial charge in [0.2, 0.25) is 0 Å². The van der Waals surface area contributed by atoms with Crippen LogP contribution < -0.4 is 0 Å². The number of rotatable bonds is 5. The molecule has 0 aliphatic carbocycles. The number of hydrogen-bond donors (Lipinski definition) is 1. The van der Waals surface area contributed by atoms with Gasteiger partial charge in [0.1, 0.15) is 11.3 Å². The monoisotopic (exact) mass is 289 g/mol. The molecule has 5 nitrogen and oxygen atoms in total. The van der Waals surface area contributed by atoms with E-state index in [1.165, 1.54) is 0 Å². The Labute approximate surface area is 123 Å². The van der Waals surface area contributed by atoms with Crippen LogP contribution in [0.4, 0.5) is 0 Å². The van der Waals surface area contributed by atoms with Crippen molar-refractivity contribution >= 4 is 16.9 Å². The maximum atomic E-state index is 11.3. The normalized spacial score (nSPS) is 22.2. The van der Waals surface area contributed by atoms with Crippen molar-refractivity contribution in [3.05, 3.63) is 36.1 Å². The summed E-state index contributed by atoms with van der Waals surface area (Å²) in [6.07, 6.45) is 0. The van der Waals surface area contributed by atoms with Gasteiger partial charge in [-0.25, -0.2) is 0 Å². The number of likely N-dealkylation sites (N-methyl/N-ethyl adjacent to an activating group) is 1. The van der Waals surface area contributed by atoms with Crippen LogP contribution in [0.5, 0.6) is 0 Å². The first-order chi connectivity index (χ1) is 10.2. The molecule has 3 rings (SSSR count). The van der Waals surface area contributed by atoms with Gasteiger partial charge in [-0.1, -0.05) is 25.1 Å². The molecule has 1 aromatic carbocycles. The number of ether oxygens (including phenoxy) is 1. The molecule has 1 saturated heterocycles. The molecule has 1 aromatic heterocycles. The third kappa shape index (κ3) is 2.80. The van der Waals surface area contributed by atoms with E-state index in [0.717, 1.165) is 23.3 Å². The van der Waals surface area contributed by atoms with Gasteiger partial charge in [-0.2, -0.15) is 0 Å². The number of furan rings is 1. The van der Waals surface area contributed by atoms with Crippen molar-refractivity contribution in [1.29, 1.82) is 0 Å². The van der Waals surface area contributed by atoms with Gasteiger partial charge in [-0.05, 0) is 18.7 Å². The van der Waals surface area contributed by atoms with E-state index < -0.39 is 11.9 Å². The minimum atomic E-state index is -0.791. The number of carbonyl (C=O) groups is 1. The van der Waals surface area contributed by atoms with Crippen LogP contribution in [-0.4, -0.2) is 41.8 Å². The molecule has 2 heterocycles. The van der Waals surface area contributed by atoms with Gasteiger partial charge in [0.05, 0.1) is 25.7 Å². The van der Waals surface area contributed by atoms with E-state index in [4.69, 9.17) is 9.15 Å². The standard InChI is InChI=1S/C16H19NO4/c1-2-17(14-10-20-9-13(14)16(18)19)8-12-7-11-5-3-4-6-15(11)21-12/h3-7,13-14H,2,8-10H2,1H3,(H,18,19). The Morgan fingerprint density at radius 3 is 2.90 bits per heavy atom. The number of carboxylic acids is 1. The van der Waals surface area contributed by atoms with Crippen molar-refractivity contribution in [2.75, 3.05) is 19.8 Å². The average molecular weight is 289 g/mol. The zero-order chi connectivity index (χ0) is 14.8. The van der Waals surface area contributed by atoms with Crippen molar-refractivity contribution in [2.45, 2.75) is 19.5 Å². The lowest BCUT2D eigenvalue weighted by molar-refractivity contribution is -0.143. The van der Waals surface area contributed by atoms with Crippen LogP contribution in [0.15, 0.2) is 34.7 Å². The summed E-state index contributed by atoms with van der Waals surface area (Å²) in [5.41, 5.74) is 0.862. The van der Waals surface area contributed by atoms with E-state index in [1.807, 2.05) is 37.3 Å². The lowest BCUT2D eigenvalue weighted by Crippen LogP contribution is -2.42. The maximum Gasteiger partial charge on any atom is 0.310 e. The summed E-state index contributed by atoms with van der Waals surface area (Å²) in [5.74, 6) is -0.399. The van der Waals surface area contributed by atoms with E-state index in [2.05, 4.69) is 4.90 Å². The van der Waals surface area contributed by atoms with Gasteiger partial charge >= 0.3 is 5.97 Å². The molecule has 1 aliphatic heterocycles. The fraction of sp³-hybridized carbons (Fsp3) is 0.438. The molecule has 0 saturated carbocycles. The highest BCUT2D eigenvalue weighted by atomic mass is 16.5. The van der Waals surface area contributed by atoms with E-state index in [0.29, 0.717) is 13.2 Å². The summed E-state index contributed by atoms with van der Waals surface area (Å²) >= 11 is 0. The third-order valence-corrected chi connectivity index (χ3v) is 4.08. The van der Waals surface area contributed by atoms with Crippen LogP contribution in [0.25, 0.3) is 11.0 Å². The van der Waals surface area contributed by atoms with Gasteiger partial charge in [0.15, 0.2) is 0 Å². The molecule has 0 bridgehead atoms. The van der Waals surface area contributed by atoms with Gasteiger partial charge in [-0.3, -0.25) is 9.69 Å². The van der Waals surface area contributed by atoms with Crippen molar-refractivity contribution in [3.63, 3.8) is 0 Å². The Morgan fingerprint density at radius 2 is 2.19 bits per heavy atom. The Hall–Kier alpha value is -1.85. The fourth-order valence-electron chi connectivity index (χ4n) is 2.92. The number of nitrogens with zero attached hydrogens (tertiary/aromatic N) is 1. The van der Waals surface area contributed by atoms with Gasteiger partial charge in [0.25, 0.3) is 0 Å². The van der Waals surface area contributed by atoms with Crippen molar-refractivity contribution in [3.8, 4) is 0 Å². The molecule has 0 amide bonds. The average Bonchev–Trinajstić information content (AvgIpc) is 3.10. The topological polar surface area (TPSA) is 62.9 Å². The third-order valence-electron chi connectivity index (χ3n) is 4.08. The quantitative estimate of drug-likeness (QED) is 0.915. The van der Waals surface area contributed by atoms with Crippen LogP contribution in [0, 0.1) is 5.92 Å². The second kappa shape index (κ2) is 5.87. The molecule has 2 atom stereocenters. The van der Waals surface area contributed by atoms with Gasteiger partial charge in [-0.15, -0.1) is 0 Å². The van der Waals surface area contributed by atoms with Crippen LogP contribution in [0.1, 0.15) is 12.7 Å². The predicted octanol–water partition coefficient (Wildman–Crippen LogP) is 2.35. The first-order valence-corrected chi connectivity index (χ1v) is 7.21. The molecule has 1 aliphatic rings. The highest BCUT2D eigenvalue weighted by Crippen LogP contribution is 2.24. The Bertz CT molecular complexity index is 603. The van der Waals surface area contributed by atoms with Gasteiger partial charge in [0, 0.05) is 11.4 Å². The molecule has 2 unspecified atom stereocenters. The molecule has 5 heteroatoms. The number of aliphatic carboxylic acids is 1. The van der Waals surface area contributed by atoms with Crippen LogP contribution in [-0.2, 0) is 16.1 Å². The summed E-state index contributed by atoms with van der Waals surface area (Å²) in [5, 5.41) is 10.3. The first kappa shape index (κ1) is 14.1. The Morgan fingerprint density at radius 1 is 1.38 bits per heavy atom. The molecule has 21 heavy (non-hydrogen) atoms. The van der Waals surface area contributed by atoms with Crippen LogP contribution in [0.2, 0.25) is 0 Å². The summed E-state index contributed by atoms with van der Waals surface area (Å²) < 4.78 is 11.2. The minimum Gasteiger partial charge on any atom is -0.481 e. The number of para-hydroxylation sites is 1.